The molecule has 1 N–H and O–H groups in total. The highest BCUT2D eigenvalue weighted by Crippen LogP contribution is 2.13. The molecule has 0 rings (SSSR count). The van der Waals surface area contributed by atoms with Crippen molar-refractivity contribution < 1.29 is 14.6 Å². The molecule has 0 fully saturated rings. The summed E-state index contributed by atoms with van der Waals surface area (Å²) in [5, 5.41) is 9.33. The van der Waals surface area contributed by atoms with Gasteiger partial charge < -0.3 is 14.6 Å². The van der Waals surface area contributed by atoms with Crippen LogP contribution in [0.15, 0.2) is 12.7 Å². The van der Waals surface area contributed by atoms with Crippen LogP contribution in [-0.4, -0.2) is 37.6 Å². The third kappa shape index (κ3) is 21.9. The molecule has 0 saturated carbocycles. The second-order valence-electron chi connectivity index (χ2n) is 8.13. The number of allylic oxidation sites excluding steroid dienone is 1. The Morgan fingerprint density at radius 2 is 1.21 bits per heavy atom. The van der Waals surface area contributed by atoms with E-state index in [1.54, 1.807) is 0 Å². The van der Waals surface area contributed by atoms with Crippen molar-refractivity contribution in [3.63, 3.8) is 0 Å². The van der Waals surface area contributed by atoms with E-state index in [4.69, 9.17) is 9.47 Å². The molecule has 3 heteroatoms. The average molecular weight is 399 g/mol. The topological polar surface area (TPSA) is 38.7 Å². The summed E-state index contributed by atoms with van der Waals surface area (Å²) in [7, 11) is 0. The molecule has 0 aromatic heterocycles. The molecular formula is C25H50O3. The third-order valence-corrected chi connectivity index (χ3v) is 5.31. The van der Waals surface area contributed by atoms with Crippen molar-refractivity contribution in [1.29, 1.82) is 0 Å². The summed E-state index contributed by atoms with van der Waals surface area (Å²) < 4.78 is 11.3. The monoisotopic (exact) mass is 398 g/mol. The van der Waals surface area contributed by atoms with Crippen LogP contribution in [0.3, 0.4) is 0 Å². The van der Waals surface area contributed by atoms with Crippen molar-refractivity contribution in [2.75, 3.05) is 26.4 Å². The second-order valence-corrected chi connectivity index (χ2v) is 8.13. The molecule has 0 aliphatic carbocycles. The van der Waals surface area contributed by atoms with Gasteiger partial charge >= 0.3 is 0 Å². The molecule has 0 amide bonds. The number of ether oxygens (including phenoxy) is 2. The predicted octanol–water partition coefficient (Wildman–Crippen LogP) is 7.22. The average Bonchev–Trinajstić information content (AvgIpc) is 2.71. The Morgan fingerprint density at radius 1 is 0.714 bits per heavy atom. The summed E-state index contributed by atoms with van der Waals surface area (Å²) in [5.41, 5.74) is 0. The summed E-state index contributed by atoms with van der Waals surface area (Å²) >= 11 is 0. The standard InChI is InChI=1S/C25H50O3/c1-3-5-7-9-10-11-12-13-14-15-16-17-18-19-21-27-24-25(23-26)28-22-20-8-6-4-2/h4,25-26H,2-3,5-24H2,1H3. The van der Waals surface area contributed by atoms with Gasteiger partial charge in [-0.2, -0.15) is 0 Å². The molecule has 168 valence electrons. The lowest BCUT2D eigenvalue weighted by Crippen LogP contribution is -2.24. The zero-order valence-electron chi connectivity index (χ0n) is 19.0. The van der Waals surface area contributed by atoms with Crippen LogP contribution in [0.4, 0.5) is 0 Å². The zero-order chi connectivity index (χ0) is 20.5. The quantitative estimate of drug-likeness (QED) is 0.138. The van der Waals surface area contributed by atoms with Gasteiger partial charge in [-0.25, -0.2) is 0 Å². The molecule has 28 heavy (non-hydrogen) atoms. The Hall–Kier alpha value is -0.380. The van der Waals surface area contributed by atoms with Crippen LogP contribution >= 0.6 is 0 Å². The number of aliphatic hydroxyl groups is 1. The van der Waals surface area contributed by atoms with E-state index in [1.165, 1.54) is 83.5 Å². The summed E-state index contributed by atoms with van der Waals surface area (Å²) in [6.45, 7) is 8.03. The van der Waals surface area contributed by atoms with Crippen molar-refractivity contribution in [2.24, 2.45) is 0 Å². The Morgan fingerprint density at radius 3 is 1.71 bits per heavy atom. The van der Waals surface area contributed by atoms with E-state index in [1.807, 2.05) is 6.08 Å². The van der Waals surface area contributed by atoms with Crippen LogP contribution in [0.1, 0.15) is 116 Å². The fourth-order valence-corrected chi connectivity index (χ4v) is 3.41. The Bertz CT molecular complexity index is 294. The molecular weight excluding hydrogens is 348 g/mol. The number of rotatable bonds is 24. The van der Waals surface area contributed by atoms with Crippen molar-refractivity contribution >= 4 is 0 Å². The fourth-order valence-electron chi connectivity index (χ4n) is 3.41. The highest BCUT2D eigenvalue weighted by molar-refractivity contribution is 4.65. The Labute approximate surface area is 176 Å². The number of hydrogen-bond acceptors (Lipinski definition) is 3. The maximum absolute atomic E-state index is 9.33. The van der Waals surface area contributed by atoms with Crippen molar-refractivity contribution in [3.05, 3.63) is 12.7 Å². The van der Waals surface area contributed by atoms with E-state index in [2.05, 4.69) is 13.5 Å². The van der Waals surface area contributed by atoms with Crippen molar-refractivity contribution in [3.8, 4) is 0 Å². The van der Waals surface area contributed by atoms with Gasteiger partial charge in [-0.1, -0.05) is 96.5 Å². The van der Waals surface area contributed by atoms with Crippen LogP contribution in [0.5, 0.6) is 0 Å². The first-order chi connectivity index (χ1) is 13.8. The molecule has 0 radical (unpaired) electrons. The molecule has 0 bridgehead atoms. The van der Waals surface area contributed by atoms with Crippen molar-refractivity contribution in [1.82, 2.24) is 0 Å². The van der Waals surface area contributed by atoms with Gasteiger partial charge in [-0.3, -0.25) is 0 Å². The lowest BCUT2D eigenvalue weighted by atomic mass is 10.0. The van der Waals surface area contributed by atoms with Crippen LogP contribution in [0, 0.1) is 0 Å². The summed E-state index contributed by atoms with van der Waals surface area (Å²) in [5.74, 6) is 0. The van der Waals surface area contributed by atoms with Crippen LogP contribution < -0.4 is 0 Å². The highest BCUT2D eigenvalue weighted by atomic mass is 16.5. The first kappa shape index (κ1) is 27.6. The van der Waals surface area contributed by atoms with Gasteiger partial charge in [0.25, 0.3) is 0 Å². The van der Waals surface area contributed by atoms with E-state index >= 15 is 0 Å². The van der Waals surface area contributed by atoms with Gasteiger partial charge in [0.15, 0.2) is 0 Å². The van der Waals surface area contributed by atoms with Gasteiger partial charge in [0.1, 0.15) is 6.10 Å². The van der Waals surface area contributed by atoms with Crippen LogP contribution in [0.25, 0.3) is 0 Å². The van der Waals surface area contributed by atoms with Crippen molar-refractivity contribution in [2.45, 2.75) is 122 Å². The third-order valence-electron chi connectivity index (χ3n) is 5.31. The maximum atomic E-state index is 9.33. The van der Waals surface area contributed by atoms with E-state index < -0.39 is 0 Å². The molecule has 0 aliphatic rings. The largest absolute Gasteiger partial charge is 0.394 e. The molecule has 0 aliphatic heterocycles. The first-order valence-corrected chi connectivity index (χ1v) is 12.3. The van der Waals surface area contributed by atoms with Gasteiger partial charge in [-0.15, -0.1) is 6.58 Å². The van der Waals surface area contributed by atoms with Crippen LogP contribution in [-0.2, 0) is 9.47 Å². The Balaban J connectivity index is 3.20. The lowest BCUT2D eigenvalue weighted by Gasteiger charge is -2.15. The second kappa shape index (κ2) is 24.7. The normalized spacial score (nSPS) is 12.4. The molecule has 0 aromatic carbocycles. The smallest absolute Gasteiger partial charge is 0.104 e. The molecule has 1 unspecified atom stereocenters. The Kier molecular flexibility index (Phi) is 24.3. The van der Waals surface area contributed by atoms with Gasteiger partial charge in [0.2, 0.25) is 0 Å². The van der Waals surface area contributed by atoms with Gasteiger partial charge in [0.05, 0.1) is 13.2 Å². The van der Waals surface area contributed by atoms with Gasteiger partial charge in [0, 0.05) is 13.2 Å². The van der Waals surface area contributed by atoms with Gasteiger partial charge in [-0.05, 0) is 25.7 Å². The molecule has 0 spiro atoms. The van der Waals surface area contributed by atoms with E-state index in [0.29, 0.717) is 13.2 Å². The number of unbranched alkanes of at least 4 members (excludes halogenated alkanes) is 15. The number of aliphatic hydroxyl groups excluding tert-OH is 1. The molecule has 0 saturated heterocycles. The minimum atomic E-state index is -0.171. The summed E-state index contributed by atoms with van der Waals surface area (Å²) in [6, 6.07) is 0. The van der Waals surface area contributed by atoms with E-state index in [9.17, 15) is 5.11 Å². The zero-order valence-corrected chi connectivity index (χ0v) is 19.0. The molecule has 0 heterocycles. The van der Waals surface area contributed by atoms with E-state index in [0.717, 1.165) is 32.3 Å². The molecule has 0 aromatic rings. The highest BCUT2D eigenvalue weighted by Gasteiger charge is 2.07. The minimum absolute atomic E-state index is 0.0419. The SMILES string of the molecule is C=CCCCCOC(CO)COCCCCCCCCCCCCCCCC. The fraction of sp³-hybridized carbons (Fsp3) is 0.920. The maximum Gasteiger partial charge on any atom is 0.104 e. The predicted molar refractivity (Wildman–Crippen MR) is 122 cm³/mol. The summed E-state index contributed by atoms with van der Waals surface area (Å²) in [4.78, 5) is 0. The lowest BCUT2D eigenvalue weighted by molar-refractivity contribution is -0.0436. The minimum Gasteiger partial charge on any atom is -0.394 e. The molecule has 1 atom stereocenters. The molecule has 3 nitrogen and oxygen atoms in total. The first-order valence-electron chi connectivity index (χ1n) is 12.3. The van der Waals surface area contributed by atoms with Crippen LogP contribution in [0.2, 0.25) is 0 Å². The van der Waals surface area contributed by atoms with E-state index in [-0.39, 0.29) is 12.7 Å². The summed E-state index contributed by atoms with van der Waals surface area (Å²) in [6.07, 6.45) is 24.1. The number of hydrogen-bond donors (Lipinski definition) is 1.